The molecule has 0 aliphatic carbocycles. The molecule has 4 nitrogen and oxygen atoms in total. The summed E-state index contributed by atoms with van der Waals surface area (Å²) in [5.74, 6) is -0.347. The third kappa shape index (κ3) is 5.43. The van der Waals surface area contributed by atoms with Gasteiger partial charge in [-0.2, -0.15) is 0 Å². The minimum absolute atomic E-state index is 0.0161. The molecule has 0 saturated carbocycles. The van der Waals surface area contributed by atoms with Crippen molar-refractivity contribution in [2.75, 3.05) is 12.3 Å². The molecule has 0 heterocycles. The topological polar surface area (TPSA) is 72.2 Å². The first-order valence-electron chi connectivity index (χ1n) is 5.48. The zero-order valence-electron chi connectivity index (χ0n) is 9.99. The molecule has 1 aromatic carbocycles. The van der Waals surface area contributed by atoms with Crippen molar-refractivity contribution in [3.8, 4) is 0 Å². The molecule has 1 rings (SSSR count). The maximum atomic E-state index is 13.1. The maximum Gasteiger partial charge on any atom is 0.209 e. The van der Waals surface area contributed by atoms with Gasteiger partial charge >= 0.3 is 0 Å². The number of nitrogens with one attached hydrogen (secondary N) is 1. The van der Waals surface area contributed by atoms with Crippen LogP contribution in [0, 0.1) is 5.82 Å². The van der Waals surface area contributed by atoms with E-state index in [0.29, 0.717) is 17.4 Å². The molecule has 18 heavy (non-hydrogen) atoms. The summed E-state index contributed by atoms with van der Waals surface area (Å²) in [4.78, 5) is 0. The van der Waals surface area contributed by atoms with Gasteiger partial charge in [0.1, 0.15) is 5.82 Å². The highest BCUT2D eigenvalue weighted by Crippen LogP contribution is 2.21. The van der Waals surface area contributed by atoms with Crippen LogP contribution in [0.25, 0.3) is 0 Å². The molecule has 0 aromatic heterocycles. The number of sulfonamides is 1. The van der Waals surface area contributed by atoms with Gasteiger partial charge in [-0.3, -0.25) is 0 Å². The fourth-order valence-electron chi connectivity index (χ4n) is 1.49. The molecule has 0 aliphatic heterocycles. The summed E-state index contributed by atoms with van der Waals surface area (Å²) in [6.07, 6.45) is 0.450. The van der Waals surface area contributed by atoms with Gasteiger partial charge in [0.25, 0.3) is 0 Å². The van der Waals surface area contributed by atoms with Crippen molar-refractivity contribution in [3.05, 3.63) is 34.1 Å². The van der Waals surface area contributed by atoms with Crippen LogP contribution in [-0.2, 0) is 10.0 Å². The van der Waals surface area contributed by atoms with Crippen LogP contribution < -0.4 is 10.5 Å². The SMILES string of the molecule is CC(NCCCS(N)(=O)=O)c1ccc(F)c(Br)c1. The highest BCUT2D eigenvalue weighted by molar-refractivity contribution is 9.10. The Bertz CT molecular complexity index is 508. The van der Waals surface area contributed by atoms with E-state index < -0.39 is 10.0 Å². The normalized spacial score (nSPS) is 13.6. The smallest absolute Gasteiger partial charge is 0.209 e. The van der Waals surface area contributed by atoms with Crippen molar-refractivity contribution >= 4 is 26.0 Å². The number of hydrogen-bond acceptors (Lipinski definition) is 3. The Balaban J connectivity index is 2.45. The first-order chi connectivity index (χ1) is 8.29. The summed E-state index contributed by atoms with van der Waals surface area (Å²) in [7, 11) is -3.40. The summed E-state index contributed by atoms with van der Waals surface area (Å²) < 4.78 is 34.9. The van der Waals surface area contributed by atoms with Gasteiger partial charge < -0.3 is 5.32 Å². The molecule has 0 amide bonds. The van der Waals surface area contributed by atoms with Crippen LogP contribution in [-0.4, -0.2) is 20.7 Å². The molecule has 0 spiro atoms. The van der Waals surface area contributed by atoms with Crippen molar-refractivity contribution in [3.63, 3.8) is 0 Å². The minimum atomic E-state index is -3.40. The van der Waals surface area contributed by atoms with Crippen molar-refractivity contribution in [2.45, 2.75) is 19.4 Å². The molecule has 0 fully saturated rings. The van der Waals surface area contributed by atoms with E-state index in [1.165, 1.54) is 6.07 Å². The van der Waals surface area contributed by atoms with Gasteiger partial charge in [-0.25, -0.2) is 17.9 Å². The molecule has 0 saturated heterocycles. The summed E-state index contributed by atoms with van der Waals surface area (Å²) >= 11 is 3.12. The van der Waals surface area contributed by atoms with Gasteiger partial charge in [0.2, 0.25) is 10.0 Å². The quantitative estimate of drug-likeness (QED) is 0.778. The molecule has 0 radical (unpaired) electrons. The lowest BCUT2D eigenvalue weighted by Crippen LogP contribution is -2.24. The van der Waals surface area contributed by atoms with Crippen LogP contribution in [0.15, 0.2) is 22.7 Å². The molecular formula is C11H16BrFN2O2S. The zero-order chi connectivity index (χ0) is 13.8. The Morgan fingerprint density at radius 2 is 2.17 bits per heavy atom. The average Bonchev–Trinajstić information content (AvgIpc) is 2.26. The lowest BCUT2D eigenvalue weighted by Gasteiger charge is -2.14. The van der Waals surface area contributed by atoms with Gasteiger partial charge in [0.15, 0.2) is 0 Å². The van der Waals surface area contributed by atoms with E-state index in [1.807, 2.05) is 6.92 Å². The van der Waals surface area contributed by atoms with E-state index >= 15 is 0 Å². The standard InChI is InChI=1S/C11H16BrFN2O2S/c1-8(15-5-2-6-18(14,16)17)9-3-4-11(13)10(12)7-9/h3-4,7-8,15H,2,5-6H2,1H3,(H2,14,16,17). The van der Waals surface area contributed by atoms with Gasteiger partial charge in [0, 0.05) is 6.04 Å². The third-order valence-electron chi connectivity index (χ3n) is 2.50. The maximum absolute atomic E-state index is 13.1. The number of hydrogen-bond donors (Lipinski definition) is 2. The lowest BCUT2D eigenvalue weighted by atomic mass is 10.1. The number of benzene rings is 1. The Kier molecular flexibility index (Phi) is 5.71. The highest BCUT2D eigenvalue weighted by Gasteiger charge is 2.08. The highest BCUT2D eigenvalue weighted by atomic mass is 79.9. The molecular weight excluding hydrogens is 323 g/mol. The van der Waals surface area contributed by atoms with Crippen LogP contribution in [0.1, 0.15) is 24.9 Å². The minimum Gasteiger partial charge on any atom is -0.310 e. The zero-order valence-corrected chi connectivity index (χ0v) is 12.4. The van der Waals surface area contributed by atoms with E-state index in [4.69, 9.17) is 5.14 Å². The van der Waals surface area contributed by atoms with Gasteiger partial charge in [-0.15, -0.1) is 0 Å². The first-order valence-corrected chi connectivity index (χ1v) is 7.99. The van der Waals surface area contributed by atoms with Crippen molar-refractivity contribution in [1.82, 2.24) is 5.32 Å². The number of rotatable bonds is 6. The molecule has 0 bridgehead atoms. The van der Waals surface area contributed by atoms with E-state index in [9.17, 15) is 12.8 Å². The second-order valence-corrected chi connectivity index (χ2v) is 6.66. The predicted octanol–water partition coefficient (Wildman–Crippen LogP) is 1.92. The van der Waals surface area contributed by atoms with Crippen LogP contribution in [0.3, 0.4) is 0 Å². The largest absolute Gasteiger partial charge is 0.310 e. The van der Waals surface area contributed by atoms with Crippen LogP contribution in [0.4, 0.5) is 4.39 Å². The summed E-state index contributed by atoms with van der Waals surface area (Å²) in [5, 5.41) is 8.05. The number of nitrogens with two attached hydrogens (primary N) is 1. The summed E-state index contributed by atoms with van der Waals surface area (Å²) in [6, 6.07) is 4.80. The Morgan fingerprint density at radius 1 is 1.50 bits per heavy atom. The van der Waals surface area contributed by atoms with E-state index in [2.05, 4.69) is 21.2 Å². The summed E-state index contributed by atoms with van der Waals surface area (Å²) in [5.41, 5.74) is 0.930. The van der Waals surface area contributed by atoms with Gasteiger partial charge in [-0.05, 0) is 53.5 Å². The molecule has 7 heteroatoms. The fraction of sp³-hybridized carbons (Fsp3) is 0.455. The molecule has 1 unspecified atom stereocenters. The van der Waals surface area contributed by atoms with E-state index in [-0.39, 0.29) is 17.6 Å². The van der Waals surface area contributed by atoms with Crippen molar-refractivity contribution in [2.24, 2.45) is 5.14 Å². The number of halogens is 2. The molecule has 3 N–H and O–H groups in total. The van der Waals surface area contributed by atoms with Gasteiger partial charge in [0.05, 0.1) is 10.2 Å². The Morgan fingerprint density at radius 3 is 2.72 bits per heavy atom. The Hall–Kier alpha value is -0.500. The number of primary sulfonamides is 1. The van der Waals surface area contributed by atoms with Crippen molar-refractivity contribution < 1.29 is 12.8 Å². The third-order valence-corrected chi connectivity index (χ3v) is 3.97. The molecule has 0 aliphatic rings. The second-order valence-electron chi connectivity index (χ2n) is 4.07. The van der Waals surface area contributed by atoms with Gasteiger partial charge in [-0.1, -0.05) is 6.07 Å². The fourth-order valence-corrected chi connectivity index (χ4v) is 2.43. The van der Waals surface area contributed by atoms with E-state index in [0.717, 1.165) is 5.56 Å². The Labute approximate surface area is 115 Å². The second kappa shape index (κ2) is 6.60. The summed E-state index contributed by atoms with van der Waals surface area (Å²) in [6.45, 7) is 2.46. The van der Waals surface area contributed by atoms with Crippen LogP contribution >= 0.6 is 15.9 Å². The lowest BCUT2D eigenvalue weighted by molar-refractivity contribution is 0.558. The van der Waals surface area contributed by atoms with Crippen molar-refractivity contribution in [1.29, 1.82) is 0 Å². The molecule has 102 valence electrons. The van der Waals surface area contributed by atoms with Crippen LogP contribution in [0.5, 0.6) is 0 Å². The van der Waals surface area contributed by atoms with E-state index in [1.54, 1.807) is 12.1 Å². The molecule has 1 aromatic rings. The first kappa shape index (κ1) is 15.6. The monoisotopic (exact) mass is 338 g/mol. The average molecular weight is 339 g/mol. The predicted molar refractivity (Wildman–Crippen MR) is 73.1 cm³/mol. The molecule has 1 atom stereocenters. The van der Waals surface area contributed by atoms with Crippen LogP contribution in [0.2, 0.25) is 0 Å².